The minimum atomic E-state index is -0.481. The van der Waals surface area contributed by atoms with E-state index in [4.69, 9.17) is 16.2 Å². The normalized spacial score (nSPS) is 10.7. The summed E-state index contributed by atoms with van der Waals surface area (Å²) in [4.78, 5) is 16.3. The van der Waals surface area contributed by atoms with Gasteiger partial charge in [-0.25, -0.2) is 9.78 Å². The van der Waals surface area contributed by atoms with Crippen molar-refractivity contribution in [3.05, 3.63) is 60.0 Å². The maximum absolute atomic E-state index is 12.0. The number of ether oxygens (including phenoxy) is 1. The first-order valence-electron chi connectivity index (χ1n) is 6.37. The molecule has 2 aromatic heterocycles. The summed E-state index contributed by atoms with van der Waals surface area (Å²) in [5.74, 6) is -0.481. The SMILES string of the molecule is Nc1cc(N)cc(C(=O)OCc2cn3ccccc3n2)c1. The van der Waals surface area contributed by atoms with Gasteiger partial charge in [0.05, 0.1) is 11.3 Å². The Morgan fingerprint density at radius 2 is 1.95 bits per heavy atom. The number of imidazole rings is 1. The van der Waals surface area contributed by atoms with Crippen molar-refractivity contribution in [1.82, 2.24) is 9.38 Å². The minimum Gasteiger partial charge on any atom is -0.456 e. The van der Waals surface area contributed by atoms with E-state index in [-0.39, 0.29) is 6.61 Å². The van der Waals surface area contributed by atoms with Crippen molar-refractivity contribution >= 4 is 23.0 Å². The number of hydrogen-bond acceptors (Lipinski definition) is 5. The van der Waals surface area contributed by atoms with Gasteiger partial charge >= 0.3 is 5.97 Å². The van der Waals surface area contributed by atoms with Gasteiger partial charge in [-0.1, -0.05) is 6.07 Å². The molecule has 3 rings (SSSR count). The van der Waals surface area contributed by atoms with Crippen LogP contribution in [0.3, 0.4) is 0 Å². The van der Waals surface area contributed by atoms with Gasteiger partial charge in [-0.05, 0) is 30.3 Å². The number of pyridine rings is 1. The lowest BCUT2D eigenvalue weighted by Crippen LogP contribution is -2.07. The van der Waals surface area contributed by atoms with Crippen LogP contribution in [0, 0.1) is 0 Å². The van der Waals surface area contributed by atoms with Gasteiger partial charge in [0, 0.05) is 23.8 Å². The number of anilines is 2. The Morgan fingerprint density at radius 3 is 2.67 bits per heavy atom. The summed E-state index contributed by atoms with van der Waals surface area (Å²) >= 11 is 0. The summed E-state index contributed by atoms with van der Waals surface area (Å²) in [7, 11) is 0. The molecule has 6 heteroatoms. The Labute approximate surface area is 121 Å². The van der Waals surface area contributed by atoms with Gasteiger partial charge in [0.25, 0.3) is 0 Å². The van der Waals surface area contributed by atoms with Crippen molar-refractivity contribution in [2.24, 2.45) is 0 Å². The smallest absolute Gasteiger partial charge is 0.338 e. The van der Waals surface area contributed by atoms with Gasteiger partial charge in [-0.3, -0.25) is 0 Å². The Hall–Kier alpha value is -3.02. The van der Waals surface area contributed by atoms with Crippen molar-refractivity contribution in [2.45, 2.75) is 6.61 Å². The van der Waals surface area contributed by atoms with Crippen molar-refractivity contribution in [2.75, 3.05) is 11.5 Å². The zero-order chi connectivity index (χ0) is 14.8. The van der Waals surface area contributed by atoms with Crippen LogP contribution >= 0.6 is 0 Å². The van der Waals surface area contributed by atoms with Crippen LogP contribution in [0.15, 0.2) is 48.8 Å². The Kier molecular flexibility index (Phi) is 3.19. The molecule has 4 N–H and O–H groups in total. The van der Waals surface area contributed by atoms with Crippen molar-refractivity contribution in [3.63, 3.8) is 0 Å². The first-order valence-corrected chi connectivity index (χ1v) is 6.37. The summed E-state index contributed by atoms with van der Waals surface area (Å²) in [6, 6.07) is 10.3. The number of rotatable bonds is 3. The van der Waals surface area contributed by atoms with Crippen LogP contribution in [0.4, 0.5) is 11.4 Å². The van der Waals surface area contributed by atoms with Crippen LogP contribution in [-0.2, 0) is 11.3 Å². The van der Waals surface area contributed by atoms with Crippen molar-refractivity contribution < 1.29 is 9.53 Å². The molecular formula is C15H14N4O2. The minimum absolute atomic E-state index is 0.0925. The van der Waals surface area contributed by atoms with Crippen LogP contribution in [0.25, 0.3) is 5.65 Å². The van der Waals surface area contributed by atoms with E-state index in [1.165, 1.54) is 12.1 Å². The molecule has 0 aliphatic carbocycles. The summed E-state index contributed by atoms with van der Waals surface area (Å²) < 4.78 is 7.09. The fourth-order valence-electron chi connectivity index (χ4n) is 2.07. The molecule has 2 heterocycles. The van der Waals surface area contributed by atoms with Crippen LogP contribution < -0.4 is 11.5 Å². The lowest BCUT2D eigenvalue weighted by Gasteiger charge is -2.05. The third-order valence-corrected chi connectivity index (χ3v) is 2.98. The van der Waals surface area contributed by atoms with E-state index in [0.717, 1.165) is 5.65 Å². The number of fused-ring (bicyclic) bond motifs is 1. The molecule has 21 heavy (non-hydrogen) atoms. The predicted octanol–water partition coefficient (Wildman–Crippen LogP) is 1.86. The number of nitrogens with two attached hydrogens (primary N) is 2. The van der Waals surface area contributed by atoms with Gasteiger partial charge in [0.1, 0.15) is 12.3 Å². The lowest BCUT2D eigenvalue weighted by atomic mass is 10.2. The highest BCUT2D eigenvalue weighted by atomic mass is 16.5. The van der Waals surface area contributed by atoms with Crippen LogP contribution in [0.2, 0.25) is 0 Å². The topological polar surface area (TPSA) is 95.6 Å². The first-order chi connectivity index (χ1) is 10.1. The second-order valence-electron chi connectivity index (χ2n) is 4.66. The van der Waals surface area contributed by atoms with E-state index in [1.807, 2.05) is 35.0 Å². The summed E-state index contributed by atoms with van der Waals surface area (Å²) in [5.41, 5.74) is 14.0. The number of carbonyl (C=O) groups excluding carboxylic acids is 1. The third kappa shape index (κ3) is 2.79. The molecule has 0 aliphatic rings. The fourth-order valence-corrected chi connectivity index (χ4v) is 2.07. The highest BCUT2D eigenvalue weighted by molar-refractivity contribution is 5.91. The predicted molar refractivity (Wildman–Crippen MR) is 79.6 cm³/mol. The Morgan fingerprint density at radius 1 is 1.19 bits per heavy atom. The molecule has 0 atom stereocenters. The Balaban J connectivity index is 1.73. The first kappa shape index (κ1) is 13.0. The molecular weight excluding hydrogens is 268 g/mol. The van der Waals surface area contributed by atoms with E-state index in [9.17, 15) is 4.79 Å². The number of benzene rings is 1. The zero-order valence-corrected chi connectivity index (χ0v) is 11.2. The van der Waals surface area contributed by atoms with Crippen LogP contribution in [0.5, 0.6) is 0 Å². The van der Waals surface area contributed by atoms with E-state index >= 15 is 0 Å². The fraction of sp³-hybridized carbons (Fsp3) is 0.0667. The van der Waals surface area contributed by atoms with Gasteiger partial charge in [-0.15, -0.1) is 0 Å². The average Bonchev–Trinajstić information content (AvgIpc) is 2.86. The largest absolute Gasteiger partial charge is 0.456 e. The zero-order valence-electron chi connectivity index (χ0n) is 11.2. The summed E-state index contributed by atoms with van der Waals surface area (Å²) in [6.45, 7) is 0.0925. The summed E-state index contributed by atoms with van der Waals surface area (Å²) in [5, 5.41) is 0. The maximum Gasteiger partial charge on any atom is 0.338 e. The molecule has 0 amide bonds. The third-order valence-electron chi connectivity index (χ3n) is 2.98. The maximum atomic E-state index is 12.0. The number of aromatic nitrogens is 2. The molecule has 0 aliphatic heterocycles. The molecule has 0 fully saturated rings. The molecule has 0 saturated heterocycles. The van der Waals surface area contributed by atoms with E-state index < -0.39 is 5.97 Å². The highest BCUT2D eigenvalue weighted by Crippen LogP contribution is 2.15. The summed E-state index contributed by atoms with van der Waals surface area (Å²) in [6.07, 6.45) is 3.70. The monoisotopic (exact) mass is 282 g/mol. The van der Waals surface area contributed by atoms with Crippen molar-refractivity contribution in [3.8, 4) is 0 Å². The van der Waals surface area contributed by atoms with Gasteiger partial charge in [-0.2, -0.15) is 0 Å². The molecule has 0 unspecified atom stereocenters. The molecule has 0 radical (unpaired) electrons. The Bertz CT molecular complexity index is 757. The lowest BCUT2D eigenvalue weighted by molar-refractivity contribution is 0.0468. The molecule has 1 aromatic carbocycles. The van der Waals surface area contributed by atoms with E-state index in [0.29, 0.717) is 22.6 Å². The molecule has 0 bridgehead atoms. The van der Waals surface area contributed by atoms with Gasteiger partial charge in [0.15, 0.2) is 0 Å². The van der Waals surface area contributed by atoms with Gasteiger partial charge in [0.2, 0.25) is 0 Å². The average molecular weight is 282 g/mol. The number of esters is 1. The van der Waals surface area contributed by atoms with Crippen LogP contribution in [-0.4, -0.2) is 15.4 Å². The second kappa shape index (κ2) is 5.16. The number of nitrogen functional groups attached to an aromatic ring is 2. The van der Waals surface area contributed by atoms with E-state index in [1.54, 1.807) is 6.07 Å². The molecule has 106 valence electrons. The second-order valence-corrected chi connectivity index (χ2v) is 4.66. The quantitative estimate of drug-likeness (QED) is 0.564. The van der Waals surface area contributed by atoms with E-state index in [2.05, 4.69) is 4.98 Å². The molecule has 0 saturated carbocycles. The van der Waals surface area contributed by atoms with Crippen LogP contribution in [0.1, 0.15) is 16.1 Å². The molecule has 3 aromatic rings. The van der Waals surface area contributed by atoms with Crippen molar-refractivity contribution in [1.29, 1.82) is 0 Å². The van der Waals surface area contributed by atoms with Gasteiger partial charge < -0.3 is 20.6 Å². The highest BCUT2D eigenvalue weighted by Gasteiger charge is 2.10. The number of nitrogens with zero attached hydrogens (tertiary/aromatic N) is 2. The number of carbonyl (C=O) groups is 1. The number of hydrogen-bond donors (Lipinski definition) is 2. The molecule has 0 spiro atoms. The standard InChI is InChI=1S/C15H14N4O2/c16-11-5-10(6-12(17)7-11)15(20)21-9-13-8-19-4-2-1-3-14(19)18-13/h1-8H,9,16-17H2. The molecule has 6 nitrogen and oxygen atoms in total.